The Bertz CT molecular complexity index is 898. The highest BCUT2D eigenvalue weighted by Crippen LogP contribution is 2.10. The number of carbonyl (C=O) groups excluding carboxylic acids is 3. The molecule has 0 aromatic heterocycles. The van der Waals surface area contributed by atoms with E-state index in [9.17, 15) is 14.4 Å². The first kappa shape index (κ1) is 44.1. The molecule has 47 heavy (non-hydrogen) atoms. The van der Waals surface area contributed by atoms with Gasteiger partial charge in [0.1, 0.15) is 13.2 Å². The third-order valence-corrected chi connectivity index (χ3v) is 7.50. The molecular weight excluding hydrogens is 588 g/mol. The highest BCUT2D eigenvalue weighted by molar-refractivity contribution is 5.71. The Labute approximate surface area is 288 Å². The predicted molar refractivity (Wildman–Crippen MR) is 196 cm³/mol. The second-order valence-electron chi connectivity index (χ2n) is 12.1. The highest BCUT2D eigenvalue weighted by Gasteiger charge is 2.19. The standard InChI is InChI=1S/C41H68O6/c1-4-7-10-13-16-19-20-23-25-28-31-34-40(43)46-37-38(47-41(44)35-32-29-26-22-18-15-12-9-6-3)36-45-39(42)33-30-27-24-21-17-14-11-8-5-2/h9,12-13,16,18-22,24,38H,4-8,10-11,14-15,17,23,25-37H2,1-3H3/b12-9-,16-13-,20-19-,22-18-,24-21-. The molecule has 0 bridgehead atoms. The van der Waals surface area contributed by atoms with Gasteiger partial charge in [0.2, 0.25) is 0 Å². The molecule has 6 nitrogen and oxygen atoms in total. The largest absolute Gasteiger partial charge is 0.462 e. The molecule has 0 aliphatic rings. The normalized spacial score (nSPS) is 12.7. The number of ether oxygens (including phenoxy) is 3. The number of hydrogen-bond acceptors (Lipinski definition) is 6. The number of allylic oxidation sites excluding steroid dienone is 10. The zero-order chi connectivity index (χ0) is 34.5. The molecule has 1 atom stereocenters. The fourth-order valence-electron chi connectivity index (χ4n) is 4.63. The van der Waals surface area contributed by atoms with E-state index in [0.29, 0.717) is 25.7 Å². The lowest BCUT2D eigenvalue weighted by Crippen LogP contribution is -2.30. The SMILES string of the molecule is CC/C=C\C/C=C\CCCCC(=O)OC(COC(=O)CCC/C=C\CCCCCC)COC(=O)CCCCC/C=C\C=C/CCCC. The number of rotatable bonds is 32. The van der Waals surface area contributed by atoms with Gasteiger partial charge in [-0.25, -0.2) is 0 Å². The molecule has 0 aliphatic carbocycles. The van der Waals surface area contributed by atoms with E-state index in [0.717, 1.165) is 70.6 Å². The molecule has 0 aromatic rings. The third-order valence-electron chi connectivity index (χ3n) is 7.50. The summed E-state index contributed by atoms with van der Waals surface area (Å²) in [5, 5.41) is 0. The van der Waals surface area contributed by atoms with Crippen molar-refractivity contribution in [2.75, 3.05) is 13.2 Å². The fourth-order valence-corrected chi connectivity index (χ4v) is 4.63. The average Bonchev–Trinajstić information content (AvgIpc) is 3.06. The summed E-state index contributed by atoms with van der Waals surface area (Å²) in [6.07, 6.45) is 40.9. The average molecular weight is 657 g/mol. The zero-order valence-corrected chi connectivity index (χ0v) is 30.3. The van der Waals surface area contributed by atoms with Gasteiger partial charge in [-0.1, -0.05) is 120 Å². The second kappa shape index (κ2) is 36.0. The Kier molecular flexibility index (Phi) is 33.7. The second-order valence-corrected chi connectivity index (χ2v) is 12.1. The summed E-state index contributed by atoms with van der Waals surface area (Å²) in [6.45, 7) is 6.29. The maximum atomic E-state index is 12.5. The summed E-state index contributed by atoms with van der Waals surface area (Å²) >= 11 is 0. The molecule has 0 saturated carbocycles. The van der Waals surface area contributed by atoms with Gasteiger partial charge in [0, 0.05) is 19.3 Å². The van der Waals surface area contributed by atoms with Gasteiger partial charge in [0.05, 0.1) is 0 Å². The van der Waals surface area contributed by atoms with Gasteiger partial charge >= 0.3 is 17.9 Å². The first-order valence-corrected chi connectivity index (χ1v) is 18.8. The number of unbranched alkanes of at least 4 members (excludes halogenated alkanes) is 12. The highest BCUT2D eigenvalue weighted by atomic mass is 16.6. The number of carbonyl (C=O) groups is 3. The van der Waals surface area contributed by atoms with Gasteiger partial charge in [-0.15, -0.1) is 0 Å². The molecule has 0 heterocycles. The summed E-state index contributed by atoms with van der Waals surface area (Å²) in [5.74, 6) is -1.03. The smallest absolute Gasteiger partial charge is 0.306 e. The molecule has 0 fully saturated rings. The molecule has 6 heteroatoms. The molecule has 0 rings (SSSR count). The van der Waals surface area contributed by atoms with Gasteiger partial charge in [-0.05, 0) is 83.5 Å². The molecule has 0 saturated heterocycles. The van der Waals surface area contributed by atoms with Crippen LogP contribution in [-0.2, 0) is 28.6 Å². The van der Waals surface area contributed by atoms with E-state index < -0.39 is 6.10 Å². The molecule has 0 amide bonds. The maximum Gasteiger partial charge on any atom is 0.306 e. The van der Waals surface area contributed by atoms with E-state index in [1.807, 2.05) is 0 Å². The molecule has 0 radical (unpaired) electrons. The topological polar surface area (TPSA) is 78.9 Å². The van der Waals surface area contributed by atoms with Crippen LogP contribution < -0.4 is 0 Å². The summed E-state index contributed by atoms with van der Waals surface area (Å²) in [5.41, 5.74) is 0. The van der Waals surface area contributed by atoms with Crippen LogP contribution in [-0.4, -0.2) is 37.2 Å². The lowest BCUT2D eigenvalue weighted by molar-refractivity contribution is -0.167. The maximum absolute atomic E-state index is 12.5. The summed E-state index contributed by atoms with van der Waals surface area (Å²) < 4.78 is 16.4. The minimum Gasteiger partial charge on any atom is -0.462 e. The summed E-state index contributed by atoms with van der Waals surface area (Å²) in [6, 6.07) is 0. The quantitative estimate of drug-likeness (QED) is 0.0236. The van der Waals surface area contributed by atoms with Crippen LogP contribution >= 0.6 is 0 Å². The first-order chi connectivity index (χ1) is 23.0. The van der Waals surface area contributed by atoms with E-state index in [1.54, 1.807) is 0 Å². The van der Waals surface area contributed by atoms with Crippen LogP contribution in [0, 0.1) is 0 Å². The Hall–Kier alpha value is -2.89. The van der Waals surface area contributed by atoms with E-state index in [1.165, 1.54) is 38.5 Å². The molecule has 1 unspecified atom stereocenters. The van der Waals surface area contributed by atoms with Crippen molar-refractivity contribution >= 4 is 17.9 Å². The van der Waals surface area contributed by atoms with Crippen LogP contribution in [0.3, 0.4) is 0 Å². The van der Waals surface area contributed by atoms with Crippen molar-refractivity contribution in [3.8, 4) is 0 Å². The Balaban J connectivity index is 4.51. The number of hydrogen-bond donors (Lipinski definition) is 0. The van der Waals surface area contributed by atoms with Crippen LogP contribution in [0.2, 0.25) is 0 Å². The van der Waals surface area contributed by atoms with Crippen molar-refractivity contribution in [3.63, 3.8) is 0 Å². The predicted octanol–water partition coefficient (Wildman–Crippen LogP) is 11.4. The van der Waals surface area contributed by atoms with Crippen molar-refractivity contribution in [2.45, 2.75) is 168 Å². The molecule has 268 valence electrons. The lowest BCUT2D eigenvalue weighted by atomic mass is 10.1. The van der Waals surface area contributed by atoms with E-state index in [4.69, 9.17) is 14.2 Å². The van der Waals surface area contributed by atoms with Crippen molar-refractivity contribution in [3.05, 3.63) is 60.8 Å². The Morgan fingerprint density at radius 1 is 0.468 bits per heavy atom. The van der Waals surface area contributed by atoms with Crippen LogP contribution in [0.4, 0.5) is 0 Å². The first-order valence-electron chi connectivity index (χ1n) is 18.8. The van der Waals surface area contributed by atoms with Crippen molar-refractivity contribution in [2.24, 2.45) is 0 Å². The van der Waals surface area contributed by atoms with E-state index in [-0.39, 0.29) is 37.5 Å². The minimum absolute atomic E-state index is 0.111. The van der Waals surface area contributed by atoms with Gasteiger partial charge in [0.25, 0.3) is 0 Å². The van der Waals surface area contributed by atoms with Gasteiger partial charge in [0.15, 0.2) is 6.10 Å². The van der Waals surface area contributed by atoms with Gasteiger partial charge in [-0.2, -0.15) is 0 Å². The molecule has 0 N–H and O–H groups in total. The van der Waals surface area contributed by atoms with Crippen LogP contribution in [0.5, 0.6) is 0 Å². The molecule has 0 aliphatic heterocycles. The molecular formula is C41H68O6. The fraction of sp³-hybridized carbons (Fsp3) is 0.683. The lowest BCUT2D eigenvalue weighted by Gasteiger charge is -2.18. The monoisotopic (exact) mass is 657 g/mol. The third kappa shape index (κ3) is 34.3. The van der Waals surface area contributed by atoms with Crippen molar-refractivity contribution in [1.29, 1.82) is 0 Å². The summed E-state index contributed by atoms with van der Waals surface area (Å²) in [4.78, 5) is 37.3. The van der Waals surface area contributed by atoms with Crippen LogP contribution in [0.1, 0.15) is 162 Å². The van der Waals surface area contributed by atoms with Gasteiger partial charge in [-0.3, -0.25) is 14.4 Å². The minimum atomic E-state index is -0.806. The molecule has 0 aromatic carbocycles. The van der Waals surface area contributed by atoms with E-state index >= 15 is 0 Å². The number of esters is 3. The van der Waals surface area contributed by atoms with Crippen molar-refractivity contribution in [1.82, 2.24) is 0 Å². The van der Waals surface area contributed by atoms with Gasteiger partial charge < -0.3 is 14.2 Å². The van der Waals surface area contributed by atoms with Crippen LogP contribution in [0.15, 0.2) is 60.8 Å². The molecule has 0 spiro atoms. The van der Waals surface area contributed by atoms with E-state index in [2.05, 4.69) is 81.5 Å². The Morgan fingerprint density at radius 3 is 1.57 bits per heavy atom. The summed E-state index contributed by atoms with van der Waals surface area (Å²) in [7, 11) is 0. The Morgan fingerprint density at radius 2 is 0.936 bits per heavy atom. The van der Waals surface area contributed by atoms with Crippen molar-refractivity contribution < 1.29 is 28.6 Å². The zero-order valence-electron chi connectivity index (χ0n) is 30.3. The van der Waals surface area contributed by atoms with Crippen LogP contribution in [0.25, 0.3) is 0 Å².